The van der Waals surface area contributed by atoms with E-state index in [0.29, 0.717) is 38.2 Å². The number of anilines is 1. The topological polar surface area (TPSA) is 126 Å². The monoisotopic (exact) mass is 569 g/mol. The molecule has 0 aliphatic heterocycles. The van der Waals surface area contributed by atoms with Gasteiger partial charge in [0, 0.05) is 30.1 Å². The van der Waals surface area contributed by atoms with Crippen molar-refractivity contribution in [1.29, 1.82) is 0 Å². The summed E-state index contributed by atoms with van der Waals surface area (Å²) in [7, 11) is 1.51. The number of amides is 1. The summed E-state index contributed by atoms with van der Waals surface area (Å²) in [6.45, 7) is 0.00766. The summed E-state index contributed by atoms with van der Waals surface area (Å²) in [6.07, 6.45) is 3.50. The number of nitro benzene ring substituents is 1. The van der Waals surface area contributed by atoms with Crippen LogP contribution < -0.4 is 9.62 Å². The fourth-order valence-electron chi connectivity index (χ4n) is 4.60. The first-order chi connectivity index (χ1) is 18.7. The Labute approximate surface area is 229 Å². The van der Waals surface area contributed by atoms with Crippen molar-refractivity contribution in [2.24, 2.45) is 0 Å². The minimum atomic E-state index is -2.44. The Kier molecular flexibility index (Phi) is 7.43. The van der Waals surface area contributed by atoms with Crippen molar-refractivity contribution >= 4 is 51.3 Å². The lowest BCUT2D eigenvalue weighted by Crippen LogP contribution is -2.25. The summed E-state index contributed by atoms with van der Waals surface area (Å²) in [5, 5.41) is 14.5. The van der Waals surface area contributed by atoms with Crippen molar-refractivity contribution in [2.75, 3.05) is 17.6 Å². The Balaban J connectivity index is 1.65. The van der Waals surface area contributed by atoms with Crippen LogP contribution in [0.2, 0.25) is 0 Å². The number of nitrogens with one attached hydrogen (secondary N) is 1. The molecule has 1 heterocycles. The van der Waals surface area contributed by atoms with E-state index in [9.17, 15) is 28.1 Å². The van der Waals surface area contributed by atoms with E-state index < -0.39 is 22.0 Å². The molecule has 1 unspecified atom stereocenters. The molecule has 1 fully saturated rings. The summed E-state index contributed by atoms with van der Waals surface area (Å²) in [5.74, 6) is -0.400. The Morgan fingerprint density at radius 3 is 2.54 bits per heavy atom. The van der Waals surface area contributed by atoms with Crippen molar-refractivity contribution < 1.29 is 27.3 Å². The molecule has 5 rings (SSSR count). The Morgan fingerprint density at radius 1 is 1.23 bits per heavy atom. The van der Waals surface area contributed by atoms with E-state index in [1.165, 1.54) is 53.4 Å². The van der Waals surface area contributed by atoms with Gasteiger partial charge in [0.2, 0.25) is 0 Å². The van der Waals surface area contributed by atoms with E-state index in [2.05, 4.69) is 5.32 Å². The molecule has 0 radical (unpaired) electrons. The van der Waals surface area contributed by atoms with E-state index in [1.54, 1.807) is 24.5 Å². The zero-order valence-corrected chi connectivity index (χ0v) is 22.6. The first-order valence-corrected chi connectivity index (χ1v) is 14.3. The van der Waals surface area contributed by atoms with Gasteiger partial charge in [0.25, 0.3) is 22.9 Å². The van der Waals surface area contributed by atoms with Gasteiger partial charge in [0.15, 0.2) is 0 Å². The number of hydrogen-bond donors (Lipinski definition) is 2. The molecule has 0 saturated heterocycles. The van der Waals surface area contributed by atoms with Crippen LogP contribution in [-0.4, -0.2) is 32.9 Å². The number of hydrogen-bond acceptors (Lipinski definition) is 6. The molecule has 12 heteroatoms. The summed E-state index contributed by atoms with van der Waals surface area (Å²) < 4.78 is 44.0. The van der Waals surface area contributed by atoms with Gasteiger partial charge in [-0.1, -0.05) is 6.07 Å². The van der Waals surface area contributed by atoms with Crippen LogP contribution in [0.5, 0.6) is 0 Å². The van der Waals surface area contributed by atoms with Crippen LogP contribution in [0.3, 0.4) is 0 Å². The number of benzene rings is 3. The summed E-state index contributed by atoms with van der Waals surface area (Å²) in [6, 6.07) is 13.7. The number of fused-ring (bicyclic) bond motifs is 1. The molecule has 1 atom stereocenters. The highest BCUT2D eigenvalue weighted by atomic mass is 32.2. The average Bonchev–Trinajstić information content (AvgIpc) is 3.71. The molecule has 0 spiro atoms. The second kappa shape index (κ2) is 10.8. The van der Waals surface area contributed by atoms with E-state index in [0.717, 1.165) is 18.4 Å². The van der Waals surface area contributed by atoms with Gasteiger partial charge in [-0.3, -0.25) is 23.8 Å². The quantitative estimate of drug-likeness (QED) is 0.106. The SMILES string of the molecule is CNC(=O)c1c(-c2ccc(F)cc2)oc2cc(N(Cc3ccc([N+](=O)[O-])c(SC)c3)S(=O)O)c(C3CC3)cc12. The number of nitrogens with zero attached hydrogens (tertiary/aromatic N) is 2. The smallest absolute Gasteiger partial charge is 0.282 e. The molecule has 1 aliphatic carbocycles. The number of nitro groups is 1. The summed E-state index contributed by atoms with van der Waals surface area (Å²) >= 11 is -1.21. The molecule has 202 valence electrons. The van der Waals surface area contributed by atoms with Crippen molar-refractivity contribution in [2.45, 2.75) is 30.2 Å². The van der Waals surface area contributed by atoms with Crippen molar-refractivity contribution in [3.8, 4) is 11.3 Å². The number of carbonyl (C=O) groups is 1. The highest BCUT2D eigenvalue weighted by Crippen LogP contribution is 2.48. The third kappa shape index (κ3) is 5.27. The highest BCUT2D eigenvalue weighted by Gasteiger charge is 2.32. The largest absolute Gasteiger partial charge is 0.455 e. The number of carbonyl (C=O) groups excluding carboxylic acids is 1. The number of thioether (sulfide) groups is 1. The van der Waals surface area contributed by atoms with Gasteiger partial charge in [0.1, 0.15) is 17.2 Å². The maximum atomic E-state index is 13.6. The van der Waals surface area contributed by atoms with Crippen LogP contribution in [0.25, 0.3) is 22.3 Å². The van der Waals surface area contributed by atoms with Gasteiger partial charge in [-0.2, -0.15) is 0 Å². The Hall–Kier alpha value is -3.74. The van der Waals surface area contributed by atoms with E-state index in [1.807, 2.05) is 6.07 Å². The number of rotatable bonds is 9. The molecule has 3 aromatic carbocycles. The first kappa shape index (κ1) is 26.9. The summed E-state index contributed by atoms with van der Waals surface area (Å²) in [4.78, 5) is 24.3. The molecular weight excluding hydrogens is 545 g/mol. The molecule has 0 bridgehead atoms. The lowest BCUT2D eigenvalue weighted by Gasteiger charge is -2.23. The van der Waals surface area contributed by atoms with Crippen LogP contribution >= 0.6 is 11.8 Å². The summed E-state index contributed by atoms with van der Waals surface area (Å²) in [5.41, 5.74) is 2.99. The maximum Gasteiger partial charge on any atom is 0.282 e. The molecule has 1 amide bonds. The average molecular weight is 570 g/mol. The number of halogens is 1. The van der Waals surface area contributed by atoms with Crippen LogP contribution in [0.4, 0.5) is 15.8 Å². The number of furan rings is 1. The minimum Gasteiger partial charge on any atom is -0.455 e. The van der Waals surface area contributed by atoms with Crippen molar-refractivity contribution in [1.82, 2.24) is 5.32 Å². The molecule has 1 aromatic heterocycles. The third-order valence-electron chi connectivity index (χ3n) is 6.64. The molecule has 9 nitrogen and oxygen atoms in total. The van der Waals surface area contributed by atoms with Crippen LogP contribution in [-0.2, 0) is 17.8 Å². The van der Waals surface area contributed by atoms with Crippen LogP contribution in [0.1, 0.15) is 40.2 Å². The fourth-order valence-corrected chi connectivity index (χ4v) is 5.81. The molecule has 2 N–H and O–H groups in total. The molecule has 1 saturated carbocycles. The first-order valence-electron chi connectivity index (χ1n) is 12.0. The molecule has 39 heavy (non-hydrogen) atoms. The molecule has 4 aromatic rings. The van der Waals surface area contributed by atoms with E-state index in [-0.39, 0.29) is 29.8 Å². The van der Waals surface area contributed by atoms with Crippen LogP contribution in [0.15, 0.2) is 63.9 Å². The second-order valence-corrected chi connectivity index (χ2v) is 10.9. The van der Waals surface area contributed by atoms with Gasteiger partial charge in [0.05, 0.1) is 27.6 Å². The molecule has 1 aliphatic rings. The van der Waals surface area contributed by atoms with Gasteiger partial charge in [-0.15, -0.1) is 11.8 Å². The van der Waals surface area contributed by atoms with Crippen LogP contribution in [0, 0.1) is 15.9 Å². The predicted octanol–water partition coefficient (Wildman–Crippen LogP) is 6.25. The minimum absolute atomic E-state index is 0.00766. The molecular formula is C27H24FN3O6S2. The van der Waals surface area contributed by atoms with Gasteiger partial charge < -0.3 is 9.73 Å². The van der Waals surface area contributed by atoms with Gasteiger partial charge in [-0.05, 0) is 72.5 Å². The fraction of sp³-hybridized carbons (Fsp3) is 0.222. The highest BCUT2D eigenvalue weighted by molar-refractivity contribution is 7.98. The van der Waals surface area contributed by atoms with Crippen molar-refractivity contribution in [3.63, 3.8) is 0 Å². The third-order valence-corrected chi connectivity index (χ3v) is 8.11. The standard InChI is InChI=1S/C27H24FN3O6S2/c1-29-27(32)25-20-12-19(16-4-5-16)22(13-23(20)37-26(25)17-6-8-18(28)9-7-17)30(39(35)36)14-15-3-10-21(31(33)34)24(11-15)38-2/h3,6-13,16H,4-5,14H2,1-2H3,(H,29,32)(H,35,36). The zero-order valence-electron chi connectivity index (χ0n) is 21.0. The van der Waals surface area contributed by atoms with E-state index in [4.69, 9.17) is 4.42 Å². The Morgan fingerprint density at radius 2 is 1.95 bits per heavy atom. The normalized spacial score (nSPS) is 13.8. The van der Waals surface area contributed by atoms with Crippen molar-refractivity contribution in [3.05, 3.63) is 87.2 Å². The zero-order chi connectivity index (χ0) is 27.8. The Bertz CT molecular complexity index is 1620. The van der Waals surface area contributed by atoms with Gasteiger partial charge >= 0.3 is 0 Å². The lowest BCUT2D eigenvalue weighted by molar-refractivity contribution is -0.387. The van der Waals surface area contributed by atoms with E-state index >= 15 is 0 Å². The predicted molar refractivity (Wildman–Crippen MR) is 149 cm³/mol. The second-order valence-electron chi connectivity index (χ2n) is 9.10. The lowest BCUT2D eigenvalue weighted by atomic mass is 10.00. The van der Waals surface area contributed by atoms with Gasteiger partial charge in [-0.25, -0.2) is 8.60 Å². The maximum absolute atomic E-state index is 13.6.